The molecule has 0 aliphatic heterocycles. The van der Waals surface area contributed by atoms with E-state index in [9.17, 15) is 0 Å². The van der Waals surface area contributed by atoms with E-state index in [0.29, 0.717) is 0 Å². The van der Waals surface area contributed by atoms with Crippen molar-refractivity contribution in [2.75, 3.05) is 6.61 Å². The molecule has 11 heavy (non-hydrogen) atoms. The van der Waals surface area contributed by atoms with Crippen molar-refractivity contribution < 1.29 is 4.74 Å². The van der Waals surface area contributed by atoms with Crippen molar-refractivity contribution in [2.24, 2.45) is 0 Å². The van der Waals surface area contributed by atoms with E-state index in [2.05, 4.69) is 38.5 Å². The summed E-state index contributed by atoms with van der Waals surface area (Å²) in [7, 11) is 0. The van der Waals surface area contributed by atoms with Crippen molar-refractivity contribution in [3.05, 3.63) is 26.2 Å². The van der Waals surface area contributed by atoms with Gasteiger partial charge in [-0.2, -0.15) is 0 Å². The number of hydrogen-bond acceptors (Lipinski definition) is 1. The van der Waals surface area contributed by atoms with Gasteiger partial charge in [0.25, 0.3) is 0 Å². The molecular weight excluding hydrogens is 319 g/mol. The highest BCUT2D eigenvalue weighted by Crippen LogP contribution is 2.23. The third kappa shape index (κ3) is 2.63. The Morgan fingerprint density at radius 2 is 2.27 bits per heavy atom. The molecule has 0 saturated heterocycles. The molecule has 0 amide bonds. The first kappa shape index (κ1) is 9.32. The maximum absolute atomic E-state index is 5.32. The molecule has 1 rings (SSSR count). The molecule has 1 aromatic carbocycles. The molecule has 0 bridgehead atoms. The Morgan fingerprint density at radius 1 is 1.55 bits per heavy atom. The van der Waals surface area contributed by atoms with Gasteiger partial charge < -0.3 is 4.74 Å². The Kier molecular flexibility index (Phi) is 3.65. The van der Waals surface area contributed by atoms with Gasteiger partial charge in [-0.05, 0) is 63.6 Å². The highest BCUT2D eigenvalue weighted by molar-refractivity contribution is 14.1. The molecule has 1 aromatic rings. The van der Waals surface area contributed by atoms with Crippen LogP contribution in [0.4, 0.5) is 0 Å². The van der Waals surface area contributed by atoms with Crippen LogP contribution in [0.15, 0.2) is 22.7 Å². The highest BCUT2D eigenvalue weighted by Gasteiger charge is 1.97. The molecule has 0 N–H and O–H groups in total. The Balaban J connectivity index is 2.86. The van der Waals surface area contributed by atoms with E-state index in [1.165, 1.54) is 3.57 Å². The maximum atomic E-state index is 5.32. The summed E-state index contributed by atoms with van der Waals surface area (Å²) in [5.74, 6) is 0.931. The predicted octanol–water partition coefficient (Wildman–Crippen LogP) is 3.45. The fourth-order valence-corrected chi connectivity index (χ4v) is 1.47. The van der Waals surface area contributed by atoms with Crippen molar-refractivity contribution in [3.63, 3.8) is 0 Å². The van der Waals surface area contributed by atoms with Gasteiger partial charge in [0.2, 0.25) is 0 Å². The van der Waals surface area contributed by atoms with Gasteiger partial charge in [0.1, 0.15) is 5.75 Å². The van der Waals surface area contributed by atoms with Gasteiger partial charge in [-0.3, -0.25) is 0 Å². The van der Waals surface area contributed by atoms with Crippen LogP contribution in [0, 0.1) is 3.57 Å². The van der Waals surface area contributed by atoms with Gasteiger partial charge in [-0.15, -0.1) is 0 Å². The molecule has 0 fully saturated rings. The van der Waals surface area contributed by atoms with E-state index in [1.54, 1.807) is 0 Å². The van der Waals surface area contributed by atoms with Gasteiger partial charge in [0.05, 0.1) is 6.61 Å². The fourth-order valence-electron chi connectivity index (χ4n) is 0.733. The molecule has 0 spiro atoms. The largest absolute Gasteiger partial charge is 0.494 e. The van der Waals surface area contributed by atoms with Gasteiger partial charge in [-0.25, -0.2) is 0 Å². The van der Waals surface area contributed by atoms with E-state index in [-0.39, 0.29) is 0 Å². The van der Waals surface area contributed by atoms with Crippen molar-refractivity contribution >= 4 is 38.5 Å². The molecule has 0 saturated carbocycles. The zero-order chi connectivity index (χ0) is 8.27. The summed E-state index contributed by atoms with van der Waals surface area (Å²) in [5.41, 5.74) is 0. The summed E-state index contributed by atoms with van der Waals surface area (Å²) in [6.07, 6.45) is 0. The zero-order valence-corrected chi connectivity index (χ0v) is 9.85. The van der Waals surface area contributed by atoms with Gasteiger partial charge in [-0.1, -0.05) is 0 Å². The average Bonchev–Trinajstić information content (AvgIpc) is 1.98. The third-order valence-corrected chi connectivity index (χ3v) is 3.53. The van der Waals surface area contributed by atoms with Crippen LogP contribution >= 0.6 is 38.5 Å². The van der Waals surface area contributed by atoms with Crippen LogP contribution in [-0.2, 0) is 0 Å². The lowest BCUT2D eigenvalue weighted by molar-refractivity contribution is 0.340. The van der Waals surface area contributed by atoms with Crippen LogP contribution in [0.25, 0.3) is 0 Å². The summed E-state index contributed by atoms with van der Waals surface area (Å²) >= 11 is 5.68. The van der Waals surface area contributed by atoms with Crippen LogP contribution in [0.5, 0.6) is 5.75 Å². The van der Waals surface area contributed by atoms with E-state index in [4.69, 9.17) is 4.74 Å². The lowest BCUT2D eigenvalue weighted by atomic mass is 10.3. The number of halogens is 2. The normalized spacial score (nSPS) is 9.73. The summed E-state index contributed by atoms with van der Waals surface area (Å²) in [5, 5.41) is 0. The Labute approximate surface area is 88.4 Å². The summed E-state index contributed by atoms with van der Waals surface area (Å²) in [6.45, 7) is 2.70. The molecule has 0 atom stereocenters. The van der Waals surface area contributed by atoms with Crippen LogP contribution in [-0.4, -0.2) is 6.61 Å². The molecular formula is C8H8BrIO. The minimum absolute atomic E-state index is 0.720. The second kappa shape index (κ2) is 4.30. The monoisotopic (exact) mass is 326 g/mol. The number of ether oxygens (including phenoxy) is 1. The number of rotatable bonds is 2. The van der Waals surface area contributed by atoms with Gasteiger partial charge in [0, 0.05) is 8.04 Å². The van der Waals surface area contributed by atoms with Crippen LogP contribution in [0.2, 0.25) is 0 Å². The third-order valence-electron chi connectivity index (χ3n) is 1.20. The highest BCUT2D eigenvalue weighted by atomic mass is 127. The Bertz CT molecular complexity index is 250. The topological polar surface area (TPSA) is 9.23 Å². The minimum atomic E-state index is 0.720. The lowest BCUT2D eigenvalue weighted by Gasteiger charge is -2.03. The van der Waals surface area contributed by atoms with Crippen LogP contribution in [0.3, 0.4) is 0 Å². The lowest BCUT2D eigenvalue weighted by Crippen LogP contribution is -1.91. The number of hydrogen-bond donors (Lipinski definition) is 0. The quantitative estimate of drug-likeness (QED) is 0.756. The molecule has 0 aliphatic carbocycles. The molecule has 60 valence electrons. The zero-order valence-electron chi connectivity index (χ0n) is 6.10. The van der Waals surface area contributed by atoms with E-state index >= 15 is 0 Å². The van der Waals surface area contributed by atoms with E-state index in [0.717, 1.165) is 16.8 Å². The first-order chi connectivity index (χ1) is 5.24. The molecule has 0 heterocycles. The SMILES string of the molecule is CCOc1ccc(Br)c(I)c1. The molecule has 3 heteroatoms. The Morgan fingerprint density at radius 3 is 2.82 bits per heavy atom. The van der Waals surface area contributed by atoms with Crippen molar-refractivity contribution in [3.8, 4) is 5.75 Å². The predicted molar refractivity (Wildman–Crippen MR) is 58.0 cm³/mol. The summed E-state index contributed by atoms with van der Waals surface area (Å²) in [6, 6.07) is 5.96. The molecule has 0 aromatic heterocycles. The van der Waals surface area contributed by atoms with Gasteiger partial charge in [0.15, 0.2) is 0 Å². The Hall–Kier alpha value is 0.230. The first-order valence-electron chi connectivity index (χ1n) is 3.32. The first-order valence-corrected chi connectivity index (χ1v) is 5.19. The number of benzene rings is 1. The van der Waals surface area contributed by atoms with E-state index < -0.39 is 0 Å². The fraction of sp³-hybridized carbons (Fsp3) is 0.250. The molecule has 0 unspecified atom stereocenters. The standard InChI is InChI=1S/C8H8BrIO/c1-2-11-6-3-4-7(9)8(10)5-6/h3-5H,2H2,1H3. The van der Waals surface area contributed by atoms with Gasteiger partial charge >= 0.3 is 0 Å². The van der Waals surface area contributed by atoms with Crippen LogP contribution in [0.1, 0.15) is 6.92 Å². The average molecular weight is 327 g/mol. The van der Waals surface area contributed by atoms with Crippen molar-refractivity contribution in [1.82, 2.24) is 0 Å². The second-order valence-electron chi connectivity index (χ2n) is 2.01. The van der Waals surface area contributed by atoms with Crippen molar-refractivity contribution in [1.29, 1.82) is 0 Å². The van der Waals surface area contributed by atoms with E-state index in [1.807, 2.05) is 25.1 Å². The second-order valence-corrected chi connectivity index (χ2v) is 4.03. The summed E-state index contributed by atoms with van der Waals surface area (Å²) in [4.78, 5) is 0. The molecule has 0 aliphatic rings. The van der Waals surface area contributed by atoms with Crippen molar-refractivity contribution in [2.45, 2.75) is 6.92 Å². The summed E-state index contributed by atoms with van der Waals surface area (Å²) < 4.78 is 7.60. The smallest absolute Gasteiger partial charge is 0.120 e. The maximum Gasteiger partial charge on any atom is 0.120 e. The molecule has 1 nitrogen and oxygen atoms in total. The van der Waals surface area contributed by atoms with Crippen LogP contribution < -0.4 is 4.74 Å². The molecule has 0 radical (unpaired) electrons. The minimum Gasteiger partial charge on any atom is -0.494 e.